The van der Waals surface area contributed by atoms with Crippen LogP contribution in [-0.4, -0.2) is 17.4 Å². The molecule has 0 amide bonds. The number of nitrogens with zero attached hydrogens (tertiary/aromatic N) is 2. The van der Waals surface area contributed by atoms with Crippen LogP contribution in [-0.2, 0) is 0 Å². The summed E-state index contributed by atoms with van der Waals surface area (Å²) in [6.45, 7) is 12.1. The van der Waals surface area contributed by atoms with Crippen molar-refractivity contribution in [3.8, 4) is 5.75 Å². The van der Waals surface area contributed by atoms with Crippen LogP contribution in [0.5, 0.6) is 5.75 Å². The highest BCUT2D eigenvalue weighted by atomic mass is 16.3. The lowest BCUT2D eigenvalue weighted by Gasteiger charge is -2.06. The van der Waals surface area contributed by atoms with E-state index in [2.05, 4.69) is 23.7 Å². The maximum Gasteiger partial charge on any atom is 0.213 e. The molecule has 1 N–H and O–H groups in total. The number of allylic oxidation sites excluding steroid dienone is 1. The van der Waals surface area contributed by atoms with E-state index in [-0.39, 0.29) is 5.75 Å². The van der Waals surface area contributed by atoms with E-state index in [1.807, 2.05) is 0 Å². The molecule has 17 heavy (non-hydrogen) atoms. The van der Waals surface area contributed by atoms with Crippen molar-refractivity contribution in [1.29, 1.82) is 0 Å². The van der Waals surface area contributed by atoms with Crippen LogP contribution in [0.2, 0.25) is 0 Å². The molecular weight excluding hydrogens is 212 g/mol. The normalized spacial score (nSPS) is 15.1. The lowest BCUT2D eigenvalue weighted by atomic mass is 9.99. The molecule has 0 bridgehead atoms. The van der Waals surface area contributed by atoms with Crippen LogP contribution < -0.4 is 0 Å². The van der Waals surface area contributed by atoms with Crippen molar-refractivity contribution in [2.75, 3.05) is 6.54 Å². The Bertz CT molecular complexity index is 530. The fourth-order valence-electron chi connectivity index (χ4n) is 1.89. The topological polar surface area (TPSA) is 37.0 Å². The Morgan fingerprint density at radius 1 is 1.29 bits per heavy atom. The second kappa shape index (κ2) is 4.42. The van der Waals surface area contributed by atoms with Crippen molar-refractivity contribution in [2.45, 2.75) is 13.8 Å². The lowest BCUT2D eigenvalue weighted by Crippen LogP contribution is -2.02. The van der Waals surface area contributed by atoms with Gasteiger partial charge in [0, 0.05) is 0 Å². The second-order valence-electron chi connectivity index (χ2n) is 4.35. The van der Waals surface area contributed by atoms with E-state index < -0.39 is 0 Å². The molecule has 0 spiro atoms. The minimum absolute atomic E-state index is 0.227. The second-order valence-corrected chi connectivity index (χ2v) is 4.35. The van der Waals surface area contributed by atoms with Crippen LogP contribution >= 0.6 is 0 Å². The molecule has 0 radical (unpaired) electrons. The average molecular weight is 226 g/mol. The fraction of sp³-hybridized carbons (Fsp3) is 0.286. The highest BCUT2D eigenvalue weighted by molar-refractivity contribution is 6.15. The quantitative estimate of drug-likeness (QED) is 0.773. The number of aromatic hydroxyl groups is 1. The molecule has 0 atom stereocenters. The van der Waals surface area contributed by atoms with E-state index in [9.17, 15) is 5.11 Å². The largest absolute Gasteiger partial charge is 0.508 e. The first-order valence-corrected chi connectivity index (χ1v) is 5.58. The van der Waals surface area contributed by atoms with Gasteiger partial charge in [0.05, 0.1) is 18.8 Å². The Morgan fingerprint density at radius 3 is 2.47 bits per heavy atom. The number of benzene rings is 1. The number of rotatable bonds is 2. The van der Waals surface area contributed by atoms with Crippen LogP contribution in [0.15, 0.2) is 40.5 Å². The van der Waals surface area contributed by atoms with Crippen molar-refractivity contribution in [2.24, 2.45) is 10.9 Å². The number of aliphatic imine (C=N–C) groups is 1. The first-order valence-electron chi connectivity index (χ1n) is 5.58. The summed E-state index contributed by atoms with van der Waals surface area (Å²) in [4.78, 5) is 8.04. The minimum atomic E-state index is 0.227. The van der Waals surface area contributed by atoms with Gasteiger partial charge in [-0.15, -0.1) is 0 Å². The van der Waals surface area contributed by atoms with E-state index in [0.717, 1.165) is 16.8 Å². The summed E-state index contributed by atoms with van der Waals surface area (Å²) < 4.78 is 0. The summed E-state index contributed by atoms with van der Waals surface area (Å²) in [6.07, 6.45) is 0. The number of hydrogen-bond acceptors (Lipinski definition) is 2. The highest BCUT2D eigenvalue weighted by Crippen LogP contribution is 2.27. The smallest absolute Gasteiger partial charge is 0.213 e. The summed E-state index contributed by atoms with van der Waals surface area (Å²) in [5.74, 6) is 0.572. The molecule has 2 rings (SSSR count). The van der Waals surface area contributed by atoms with E-state index in [1.54, 1.807) is 24.3 Å². The van der Waals surface area contributed by atoms with Crippen LogP contribution in [0.4, 0.5) is 0 Å². The molecule has 0 unspecified atom stereocenters. The third kappa shape index (κ3) is 2.07. The fourth-order valence-corrected chi connectivity index (χ4v) is 1.89. The zero-order valence-electron chi connectivity index (χ0n) is 9.94. The molecule has 0 fully saturated rings. The van der Waals surface area contributed by atoms with Crippen molar-refractivity contribution in [3.63, 3.8) is 0 Å². The van der Waals surface area contributed by atoms with Gasteiger partial charge < -0.3 is 5.11 Å². The SMILES string of the molecule is [C-]#[N+]C1=C(C(C)C)CN=C1c1ccc(O)cc1. The van der Waals surface area contributed by atoms with E-state index in [4.69, 9.17) is 6.57 Å². The van der Waals surface area contributed by atoms with Crippen LogP contribution in [0, 0.1) is 12.5 Å². The molecule has 1 aliphatic heterocycles. The molecule has 0 saturated heterocycles. The first-order chi connectivity index (χ1) is 8.13. The van der Waals surface area contributed by atoms with Gasteiger partial charge in [-0.2, -0.15) is 0 Å². The van der Waals surface area contributed by atoms with Gasteiger partial charge in [0.2, 0.25) is 5.70 Å². The number of phenolic OH excluding ortho intramolecular Hbond substituents is 1. The zero-order chi connectivity index (χ0) is 12.4. The van der Waals surface area contributed by atoms with Crippen molar-refractivity contribution in [3.05, 3.63) is 52.5 Å². The molecule has 1 heterocycles. The minimum Gasteiger partial charge on any atom is -0.508 e. The van der Waals surface area contributed by atoms with Gasteiger partial charge in [0.25, 0.3) is 0 Å². The Hall–Kier alpha value is -2.08. The monoisotopic (exact) mass is 226 g/mol. The van der Waals surface area contributed by atoms with Crippen LogP contribution in [0.1, 0.15) is 19.4 Å². The molecule has 0 aromatic heterocycles. The third-order valence-electron chi connectivity index (χ3n) is 2.89. The summed E-state index contributed by atoms with van der Waals surface area (Å²) in [7, 11) is 0. The number of hydrogen-bond donors (Lipinski definition) is 1. The van der Waals surface area contributed by atoms with Gasteiger partial charge in [-0.25, -0.2) is 4.85 Å². The number of phenols is 1. The molecule has 1 aromatic rings. The first kappa shape index (κ1) is 11.4. The molecular formula is C14H14N2O. The van der Waals surface area contributed by atoms with Gasteiger partial charge in [0.1, 0.15) is 5.75 Å². The zero-order valence-corrected chi connectivity index (χ0v) is 9.94. The van der Waals surface area contributed by atoms with Crippen molar-refractivity contribution >= 4 is 5.71 Å². The highest BCUT2D eigenvalue weighted by Gasteiger charge is 2.22. The Morgan fingerprint density at radius 2 is 1.94 bits per heavy atom. The standard InChI is InChI=1S/C14H14N2O/c1-9(2)12-8-16-13(14(12)15-3)10-4-6-11(17)7-5-10/h4-7,9,17H,8H2,1-2H3. The summed E-state index contributed by atoms with van der Waals surface area (Å²) in [5.41, 5.74) is 3.42. The molecule has 0 aliphatic carbocycles. The van der Waals surface area contributed by atoms with Gasteiger partial charge in [-0.1, -0.05) is 26.0 Å². The molecule has 1 aromatic carbocycles. The molecule has 86 valence electrons. The Labute approximate surface area is 101 Å². The van der Waals surface area contributed by atoms with E-state index in [0.29, 0.717) is 18.2 Å². The predicted molar refractivity (Wildman–Crippen MR) is 68.0 cm³/mol. The molecule has 3 nitrogen and oxygen atoms in total. The predicted octanol–water partition coefficient (Wildman–Crippen LogP) is 3.02. The van der Waals surface area contributed by atoms with Crippen LogP contribution in [0.3, 0.4) is 0 Å². The van der Waals surface area contributed by atoms with E-state index in [1.165, 1.54) is 0 Å². The van der Waals surface area contributed by atoms with Crippen LogP contribution in [0.25, 0.3) is 4.85 Å². The van der Waals surface area contributed by atoms with E-state index >= 15 is 0 Å². The maximum atomic E-state index is 9.25. The molecule has 3 heteroatoms. The van der Waals surface area contributed by atoms with Gasteiger partial charge >= 0.3 is 0 Å². The summed E-state index contributed by atoms with van der Waals surface area (Å²) in [6, 6.07) is 6.82. The van der Waals surface area contributed by atoms with Crippen molar-refractivity contribution < 1.29 is 5.11 Å². The van der Waals surface area contributed by atoms with Gasteiger partial charge in [-0.3, -0.25) is 4.99 Å². The molecule has 0 saturated carbocycles. The summed E-state index contributed by atoms with van der Waals surface area (Å²) in [5, 5.41) is 9.25. The third-order valence-corrected chi connectivity index (χ3v) is 2.89. The van der Waals surface area contributed by atoms with Gasteiger partial charge in [-0.05, 0) is 29.2 Å². The lowest BCUT2D eigenvalue weighted by molar-refractivity contribution is 0.475. The maximum absolute atomic E-state index is 9.25. The van der Waals surface area contributed by atoms with Gasteiger partial charge in [0.15, 0.2) is 0 Å². The Kier molecular flexibility index (Phi) is 2.97. The average Bonchev–Trinajstić information content (AvgIpc) is 2.73. The summed E-state index contributed by atoms with van der Waals surface area (Å²) >= 11 is 0. The van der Waals surface area contributed by atoms with Crippen molar-refractivity contribution in [1.82, 2.24) is 0 Å². The molecule has 1 aliphatic rings. The Balaban J connectivity index is 2.42.